The number of halogens is 2. The predicted octanol–water partition coefficient (Wildman–Crippen LogP) is 7.00. The number of Topliss-reactive ketones (excluding diaryl/α,β-unsaturated/α-hetero) is 1. The number of rotatable bonds is 2. The first kappa shape index (κ1) is 21.3. The highest BCUT2D eigenvalue weighted by molar-refractivity contribution is 6.42. The molecule has 5 rings (SSSR count). The molecule has 0 fully saturated rings. The lowest BCUT2D eigenvalue weighted by Crippen LogP contribution is -2.34. The summed E-state index contributed by atoms with van der Waals surface area (Å²) in [4.78, 5) is 13.5. The van der Waals surface area contributed by atoms with Crippen molar-refractivity contribution in [1.29, 1.82) is 0 Å². The number of benzene rings is 2. The van der Waals surface area contributed by atoms with Gasteiger partial charge in [0.25, 0.3) is 0 Å². The molecule has 2 heterocycles. The average molecular weight is 466 g/mol. The first-order valence-electron chi connectivity index (χ1n) is 10.8. The Hall–Kier alpha value is -2.56. The molecule has 1 aromatic heterocycles. The van der Waals surface area contributed by atoms with Crippen LogP contribution in [0.3, 0.4) is 0 Å². The second kappa shape index (κ2) is 7.50. The van der Waals surface area contributed by atoms with Crippen molar-refractivity contribution in [3.8, 4) is 5.69 Å². The summed E-state index contributed by atoms with van der Waals surface area (Å²) in [7, 11) is 0. The Kier molecular flexibility index (Phi) is 4.99. The van der Waals surface area contributed by atoms with Crippen LogP contribution < -0.4 is 5.32 Å². The third-order valence-electron chi connectivity index (χ3n) is 6.41. The molecule has 2 aliphatic rings. The van der Waals surface area contributed by atoms with Gasteiger partial charge in [0, 0.05) is 29.2 Å². The van der Waals surface area contributed by atoms with Crippen LogP contribution in [-0.4, -0.2) is 15.6 Å². The van der Waals surface area contributed by atoms with Crippen molar-refractivity contribution in [2.45, 2.75) is 46.5 Å². The highest BCUT2D eigenvalue weighted by Crippen LogP contribution is 2.52. The van der Waals surface area contributed by atoms with Gasteiger partial charge in [0.05, 0.1) is 21.4 Å². The molecule has 0 unspecified atom stereocenters. The summed E-state index contributed by atoms with van der Waals surface area (Å²) in [5.74, 6) is 0.728. The Morgan fingerprint density at radius 3 is 2.59 bits per heavy atom. The Morgan fingerprint density at radius 2 is 1.84 bits per heavy atom. The number of nitrogens with one attached hydrogen (secondary N) is 1. The maximum absolute atomic E-state index is 13.5. The molecule has 164 valence electrons. The van der Waals surface area contributed by atoms with E-state index in [0.29, 0.717) is 16.5 Å². The van der Waals surface area contributed by atoms with E-state index in [1.165, 1.54) is 0 Å². The van der Waals surface area contributed by atoms with Crippen LogP contribution in [0, 0.1) is 19.3 Å². The lowest BCUT2D eigenvalue weighted by Gasteiger charge is -2.39. The molecule has 3 aromatic rings. The van der Waals surface area contributed by atoms with Crippen molar-refractivity contribution in [2.24, 2.45) is 5.41 Å². The van der Waals surface area contributed by atoms with Crippen molar-refractivity contribution in [1.82, 2.24) is 9.78 Å². The lowest BCUT2D eigenvalue weighted by atomic mass is 9.69. The minimum Gasteiger partial charge on any atom is -0.343 e. The fraction of sp³-hybridized carbons (Fsp3) is 0.308. The monoisotopic (exact) mass is 465 g/mol. The maximum Gasteiger partial charge on any atom is 0.162 e. The smallest absolute Gasteiger partial charge is 0.162 e. The van der Waals surface area contributed by atoms with Crippen LogP contribution in [0.5, 0.6) is 0 Å². The number of nitrogens with zero attached hydrogens (tertiary/aromatic N) is 2. The summed E-state index contributed by atoms with van der Waals surface area (Å²) >= 11 is 13.1. The fourth-order valence-electron chi connectivity index (χ4n) is 5.07. The minimum atomic E-state index is -0.311. The van der Waals surface area contributed by atoms with Gasteiger partial charge < -0.3 is 5.32 Å². The van der Waals surface area contributed by atoms with Crippen LogP contribution in [-0.2, 0) is 4.79 Å². The largest absolute Gasteiger partial charge is 0.343 e. The molecule has 2 aromatic carbocycles. The summed E-state index contributed by atoms with van der Waals surface area (Å²) in [5, 5.41) is 9.47. The number of hydrogen-bond acceptors (Lipinski definition) is 3. The summed E-state index contributed by atoms with van der Waals surface area (Å²) < 4.78 is 1.94. The first-order valence-corrected chi connectivity index (χ1v) is 11.6. The van der Waals surface area contributed by atoms with Crippen LogP contribution in [0.2, 0.25) is 10.0 Å². The topological polar surface area (TPSA) is 46.9 Å². The normalized spacial score (nSPS) is 19.4. The molecule has 32 heavy (non-hydrogen) atoms. The highest BCUT2D eigenvalue weighted by Gasteiger charge is 2.43. The minimum absolute atomic E-state index is 0.119. The summed E-state index contributed by atoms with van der Waals surface area (Å²) in [6.45, 7) is 8.32. The number of carbonyl (C=O) groups excluding carboxylic acids is 1. The van der Waals surface area contributed by atoms with Gasteiger partial charge in [-0.3, -0.25) is 4.79 Å². The molecule has 6 heteroatoms. The lowest BCUT2D eigenvalue weighted by molar-refractivity contribution is -0.118. The number of carbonyl (C=O) groups is 1. The van der Waals surface area contributed by atoms with E-state index in [9.17, 15) is 4.79 Å². The third-order valence-corrected chi connectivity index (χ3v) is 7.25. The molecule has 1 N–H and O–H groups in total. The number of aryl methyl sites for hydroxylation is 2. The number of fused-ring (bicyclic) bond motifs is 1. The van der Waals surface area contributed by atoms with Crippen molar-refractivity contribution < 1.29 is 4.79 Å². The Balaban J connectivity index is 1.80. The number of anilines is 1. The average Bonchev–Trinajstić information content (AvgIpc) is 3.04. The molecule has 0 bridgehead atoms. The van der Waals surface area contributed by atoms with Gasteiger partial charge in [-0.25, -0.2) is 4.68 Å². The summed E-state index contributed by atoms with van der Waals surface area (Å²) in [5.41, 5.74) is 6.43. The van der Waals surface area contributed by atoms with E-state index < -0.39 is 0 Å². The Labute approximate surface area is 198 Å². The van der Waals surface area contributed by atoms with Gasteiger partial charge in [-0.05, 0) is 55.0 Å². The van der Waals surface area contributed by atoms with Gasteiger partial charge in [0.1, 0.15) is 5.82 Å². The predicted molar refractivity (Wildman–Crippen MR) is 130 cm³/mol. The molecule has 0 saturated heterocycles. The highest BCUT2D eigenvalue weighted by atomic mass is 35.5. The van der Waals surface area contributed by atoms with E-state index in [-0.39, 0.29) is 17.1 Å². The fourth-order valence-corrected chi connectivity index (χ4v) is 5.49. The number of aromatic nitrogens is 2. The van der Waals surface area contributed by atoms with Gasteiger partial charge in [-0.15, -0.1) is 0 Å². The van der Waals surface area contributed by atoms with E-state index in [4.69, 9.17) is 28.3 Å². The molecule has 0 spiro atoms. The third kappa shape index (κ3) is 3.37. The van der Waals surface area contributed by atoms with E-state index in [0.717, 1.165) is 51.6 Å². The Morgan fingerprint density at radius 1 is 1.09 bits per heavy atom. The van der Waals surface area contributed by atoms with Crippen molar-refractivity contribution in [2.75, 3.05) is 5.32 Å². The van der Waals surface area contributed by atoms with Gasteiger partial charge in [0.2, 0.25) is 0 Å². The zero-order chi connectivity index (χ0) is 22.8. The molecule has 1 aliphatic heterocycles. The van der Waals surface area contributed by atoms with Crippen molar-refractivity contribution >= 4 is 34.8 Å². The van der Waals surface area contributed by atoms with Crippen LogP contribution >= 0.6 is 23.2 Å². The van der Waals surface area contributed by atoms with Crippen LogP contribution in [0.25, 0.3) is 5.69 Å². The number of ketones is 1. The van der Waals surface area contributed by atoms with Crippen molar-refractivity contribution in [3.05, 3.63) is 86.2 Å². The van der Waals surface area contributed by atoms with Crippen LogP contribution in [0.4, 0.5) is 5.82 Å². The van der Waals surface area contributed by atoms with Gasteiger partial charge in [-0.1, -0.05) is 61.3 Å². The van der Waals surface area contributed by atoms with E-state index >= 15 is 0 Å². The second-order valence-electron chi connectivity index (χ2n) is 9.63. The molecule has 0 saturated carbocycles. The van der Waals surface area contributed by atoms with E-state index in [1.54, 1.807) is 6.07 Å². The quantitative estimate of drug-likeness (QED) is 0.443. The molecule has 4 nitrogen and oxygen atoms in total. The van der Waals surface area contributed by atoms with E-state index in [1.807, 2.05) is 35.9 Å². The molecule has 1 aliphatic carbocycles. The van der Waals surface area contributed by atoms with Crippen LogP contribution in [0.1, 0.15) is 55.0 Å². The first-order chi connectivity index (χ1) is 15.2. The van der Waals surface area contributed by atoms with E-state index in [2.05, 4.69) is 38.2 Å². The van der Waals surface area contributed by atoms with Gasteiger partial charge in [-0.2, -0.15) is 5.10 Å². The van der Waals surface area contributed by atoms with Gasteiger partial charge >= 0.3 is 0 Å². The summed E-state index contributed by atoms with van der Waals surface area (Å²) in [6.07, 6.45) is 1.28. The summed E-state index contributed by atoms with van der Waals surface area (Å²) in [6, 6.07) is 13.9. The van der Waals surface area contributed by atoms with Crippen LogP contribution in [0.15, 0.2) is 53.7 Å². The molecular formula is C26H25Cl2N3O. The zero-order valence-electron chi connectivity index (χ0n) is 18.6. The second-order valence-corrected chi connectivity index (χ2v) is 10.4. The standard InChI is InChI=1S/C26H25Cl2N3O/c1-14-7-5-8-16(11-14)31-25-21(15(2)30-31)22(17-9-6-10-18(27)24(17)28)23-19(29-25)12-26(3,4)13-20(23)32/h5-11,22,29H,12-13H2,1-4H3/t22-/m1/s1. The van der Waals surface area contributed by atoms with Crippen molar-refractivity contribution in [3.63, 3.8) is 0 Å². The molecular weight excluding hydrogens is 441 g/mol. The number of hydrogen-bond donors (Lipinski definition) is 1. The van der Waals surface area contributed by atoms with Gasteiger partial charge in [0.15, 0.2) is 5.78 Å². The molecule has 0 radical (unpaired) electrons. The molecule has 0 amide bonds. The Bertz CT molecular complexity index is 1300. The SMILES string of the molecule is Cc1cccc(-n2nc(C)c3c2NC2=C(C(=O)CC(C)(C)C2)[C@@H]3c2cccc(Cl)c2Cl)c1. The zero-order valence-corrected chi connectivity index (χ0v) is 20.1. The molecule has 1 atom stereocenters. The maximum atomic E-state index is 13.5. The number of allylic oxidation sites excluding steroid dienone is 2.